The van der Waals surface area contributed by atoms with Gasteiger partial charge < -0.3 is 0 Å². The molecule has 138 valence electrons. The lowest BCUT2D eigenvalue weighted by Crippen LogP contribution is -1.93. The van der Waals surface area contributed by atoms with E-state index in [0.29, 0.717) is 0 Å². The summed E-state index contributed by atoms with van der Waals surface area (Å²) in [6, 6.07) is 31.2. The monoisotopic (exact) mass is 376 g/mol. The zero-order valence-corrected chi connectivity index (χ0v) is 15.4. The molecule has 0 saturated carbocycles. The van der Waals surface area contributed by atoms with Gasteiger partial charge >= 0.3 is 0 Å². The Labute approximate surface area is 167 Å². The SMILES string of the molecule is O=[N+]([O-])c1ccc2c(c1)c(-c1cccc(-c3ccccc3)c1)nc1ccccc12. The van der Waals surface area contributed by atoms with E-state index in [-0.39, 0.29) is 10.6 Å². The van der Waals surface area contributed by atoms with Gasteiger partial charge in [-0.1, -0.05) is 66.7 Å². The molecule has 0 aliphatic heterocycles. The first-order valence-corrected chi connectivity index (χ1v) is 9.33. The van der Waals surface area contributed by atoms with Gasteiger partial charge in [0.05, 0.1) is 16.1 Å². The number of rotatable bonds is 3. The fourth-order valence-corrected chi connectivity index (χ4v) is 3.75. The number of hydrogen-bond donors (Lipinski definition) is 0. The molecular weight excluding hydrogens is 360 g/mol. The van der Waals surface area contributed by atoms with Crippen LogP contribution in [0.5, 0.6) is 0 Å². The summed E-state index contributed by atoms with van der Waals surface area (Å²) in [5.41, 5.74) is 4.81. The maximum absolute atomic E-state index is 11.4. The molecule has 0 fully saturated rings. The number of nitro groups is 1. The number of hydrogen-bond acceptors (Lipinski definition) is 3. The molecule has 0 bridgehead atoms. The number of nitrogens with zero attached hydrogens (tertiary/aromatic N) is 2. The Balaban J connectivity index is 1.81. The third kappa shape index (κ3) is 3.01. The van der Waals surface area contributed by atoms with Crippen molar-refractivity contribution in [2.45, 2.75) is 0 Å². The average molecular weight is 376 g/mol. The first-order chi connectivity index (χ1) is 14.2. The van der Waals surface area contributed by atoms with Crippen LogP contribution in [0.25, 0.3) is 44.1 Å². The highest BCUT2D eigenvalue weighted by Gasteiger charge is 2.15. The van der Waals surface area contributed by atoms with Gasteiger partial charge in [0.2, 0.25) is 0 Å². The van der Waals surface area contributed by atoms with Crippen LogP contribution in [0.4, 0.5) is 5.69 Å². The van der Waals surface area contributed by atoms with Gasteiger partial charge in [-0.3, -0.25) is 10.1 Å². The minimum Gasteiger partial charge on any atom is -0.258 e. The molecule has 4 heteroatoms. The molecule has 1 heterocycles. The second kappa shape index (κ2) is 6.84. The Bertz CT molecular complexity index is 1380. The molecule has 0 unspecified atom stereocenters. The highest BCUT2D eigenvalue weighted by molar-refractivity contribution is 6.11. The lowest BCUT2D eigenvalue weighted by atomic mass is 9.97. The van der Waals surface area contributed by atoms with Crippen molar-refractivity contribution in [1.82, 2.24) is 4.98 Å². The maximum atomic E-state index is 11.4. The number of para-hydroxylation sites is 1. The standard InChI is InChI=1S/C25H16N2O2/c28-27(29)20-13-14-21-22-11-4-5-12-24(22)26-25(23(21)16-20)19-10-6-9-18(15-19)17-7-2-1-3-8-17/h1-16H. The van der Waals surface area contributed by atoms with Crippen molar-refractivity contribution in [3.63, 3.8) is 0 Å². The van der Waals surface area contributed by atoms with E-state index >= 15 is 0 Å². The number of aromatic nitrogens is 1. The summed E-state index contributed by atoms with van der Waals surface area (Å²) in [6.07, 6.45) is 0. The topological polar surface area (TPSA) is 56.0 Å². The Morgan fingerprint density at radius 3 is 2.17 bits per heavy atom. The quantitative estimate of drug-likeness (QED) is 0.202. The van der Waals surface area contributed by atoms with Crippen LogP contribution in [0.3, 0.4) is 0 Å². The van der Waals surface area contributed by atoms with Crippen molar-refractivity contribution in [2.24, 2.45) is 0 Å². The van der Waals surface area contributed by atoms with Crippen molar-refractivity contribution in [3.8, 4) is 22.4 Å². The minimum atomic E-state index is -0.362. The van der Waals surface area contributed by atoms with E-state index in [4.69, 9.17) is 4.98 Å². The summed E-state index contributed by atoms with van der Waals surface area (Å²) in [5, 5.41) is 14.1. The van der Waals surface area contributed by atoms with E-state index in [1.54, 1.807) is 12.1 Å². The number of non-ortho nitro benzene ring substituents is 1. The van der Waals surface area contributed by atoms with Gasteiger partial charge in [-0.05, 0) is 34.7 Å². The second-order valence-electron chi connectivity index (χ2n) is 6.91. The van der Waals surface area contributed by atoms with Crippen LogP contribution in [0, 0.1) is 10.1 Å². The van der Waals surface area contributed by atoms with Gasteiger partial charge in [0, 0.05) is 28.5 Å². The van der Waals surface area contributed by atoms with Crippen LogP contribution >= 0.6 is 0 Å². The molecule has 5 rings (SSSR count). The van der Waals surface area contributed by atoms with Gasteiger partial charge in [-0.15, -0.1) is 0 Å². The average Bonchev–Trinajstić information content (AvgIpc) is 2.79. The predicted octanol–water partition coefficient (Wildman–Crippen LogP) is 6.63. The first-order valence-electron chi connectivity index (χ1n) is 9.33. The Kier molecular flexibility index (Phi) is 4.03. The van der Waals surface area contributed by atoms with E-state index in [9.17, 15) is 10.1 Å². The molecule has 0 saturated heterocycles. The van der Waals surface area contributed by atoms with Crippen molar-refractivity contribution in [1.29, 1.82) is 0 Å². The lowest BCUT2D eigenvalue weighted by Gasteiger charge is -2.11. The largest absolute Gasteiger partial charge is 0.270 e. The molecule has 0 aliphatic rings. The number of nitro benzene ring substituents is 1. The van der Waals surface area contributed by atoms with E-state index in [0.717, 1.165) is 44.1 Å². The summed E-state index contributed by atoms with van der Waals surface area (Å²) in [4.78, 5) is 15.9. The van der Waals surface area contributed by atoms with Crippen LogP contribution in [0.2, 0.25) is 0 Å². The summed E-state index contributed by atoms with van der Waals surface area (Å²) < 4.78 is 0. The van der Waals surface area contributed by atoms with E-state index in [2.05, 4.69) is 24.3 Å². The van der Waals surface area contributed by atoms with E-state index in [1.165, 1.54) is 0 Å². The fourth-order valence-electron chi connectivity index (χ4n) is 3.75. The second-order valence-corrected chi connectivity index (χ2v) is 6.91. The van der Waals surface area contributed by atoms with Crippen LogP contribution in [-0.2, 0) is 0 Å². The third-order valence-corrected chi connectivity index (χ3v) is 5.14. The minimum absolute atomic E-state index is 0.0649. The zero-order chi connectivity index (χ0) is 19.8. The molecule has 4 nitrogen and oxygen atoms in total. The Morgan fingerprint density at radius 2 is 1.34 bits per heavy atom. The zero-order valence-electron chi connectivity index (χ0n) is 15.4. The normalized spacial score (nSPS) is 11.0. The highest BCUT2D eigenvalue weighted by atomic mass is 16.6. The third-order valence-electron chi connectivity index (χ3n) is 5.14. The molecule has 29 heavy (non-hydrogen) atoms. The molecule has 0 aliphatic carbocycles. The van der Waals surface area contributed by atoms with Gasteiger partial charge in [-0.25, -0.2) is 4.98 Å². The molecule has 0 atom stereocenters. The molecular formula is C25H16N2O2. The fraction of sp³-hybridized carbons (Fsp3) is 0. The van der Waals surface area contributed by atoms with Crippen molar-refractivity contribution in [2.75, 3.05) is 0 Å². The van der Waals surface area contributed by atoms with Crippen molar-refractivity contribution < 1.29 is 4.92 Å². The molecule has 0 amide bonds. The number of pyridine rings is 1. The van der Waals surface area contributed by atoms with Crippen LogP contribution < -0.4 is 0 Å². The summed E-state index contributed by atoms with van der Waals surface area (Å²) in [6.45, 7) is 0. The molecule has 0 spiro atoms. The smallest absolute Gasteiger partial charge is 0.258 e. The lowest BCUT2D eigenvalue weighted by molar-refractivity contribution is -0.384. The molecule has 0 radical (unpaired) electrons. The number of fused-ring (bicyclic) bond motifs is 3. The molecule has 5 aromatic rings. The number of benzene rings is 4. The van der Waals surface area contributed by atoms with Gasteiger partial charge in [-0.2, -0.15) is 0 Å². The summed E-state index contributed by atoms with van der Waals surface area (Å²) >= 11 is 0. The Hall–Kier alpha value is -4.05. The van der Waals surface area contributed by atoms with Crippen LogP contribution in [0.15, 0.2) is 97.1 Å². The maximum Gasteiger partial charge on any atom is 0.270 e. The van der Waals surface area contributed by atoms with Gasteiger partial charge in [0.15, 0.2) is 0 Å². The van der Waals surface area contributed by atoms with E-state index < -0.39 is 0 Å². The van der Waals surface area contributed by atoms with Crippen molar-refractivity contribution in [3.05, 3.63) is 107 Å². The summed E-state index contributed by atoms with van der Waals surface area (Å²) in [7, 11) is 0. The van der Waals surface area contributed by atoms with E-state index in [1.807, 2.05) is 60.7 Å². The molecule has 0 N–H and O–H groups in total. The van der Waals surface area contributed by atoms with Crippen LogP contribution in [0.1, 0.15) is 0 Å². The van der Waals surface area contributed by atoms with Crippen LogP contribution in [-0.4, -0.2) is 9.91 Å². The Morgan fingerprint density at radius 1 is 0.621 bits per heavy atom. The van der Waals surface area contributed by atoms with Gasteiger partial charge in [0.25, 0.3) is 5.69 Å². The molecule has 4 aromatic carbocycles. The first kappa shape index (κ1) is 17.1. The highest BCUT2D eigenvalue weighted by Crippen LogP contribution is 2.35. The van der Waals surface area contributed by atoms with Crippen molar-refractivity contribution >= 4 is 27.4 Å². The predicted molar refractivity (Wildman–Crippen MR) is 117 cm³/mol. The summed E-state index contributed by atoms with van der Waals surface area (Å²) in [5.74, 6) is 0. The molecule has 1 aromatic heterocycles. The van der Waals surface area contributed by atoms with Gasteiger partial charge in [0.1, 0.15) is 0 Å².